The zero-order valence-corrected chi connectivity index (χ0v) is 11.3. The normalized spacial score (nSPS) is 19.4. The molecule has 1 aromatic heterocycles. The Morgan fingerprint density at radius 2 is 2.44 bits per heavy atom. The molecule has 0 radical (unpaired) electrons. The highest BCUT2D eigenvalue weighted by molar-refractivity contribution is 5.93. The lowest BCUT2D eigenvalue weighted by atomic mass is 10.1. The molecule has 1 amide bonds. The van der Waals surface area contributed by atoms with Crippen LogP contribution in [-0.2, 0) is 23.0 Å². The van der Waals surface area contributed by atoms with Crippen LogP contribution < -0.4 is 5.32 Å². The van der Waals surface area contributed by atoms with Gasteiger partial charge in [0.15, 0.2) is 0 Å². The SMILES string of the molecule is CC(C)Cc1cc(NC(=O)C2CCCO2)n(C)n1. The largest absolute Gasteiger partial charge is 0.368 e. The lowest BCUT2D eigenvalue weighted by Crippen LogP contribution is -2.27. The molecule has 18 heavy (non-hydrogen) atoms. The molecule has 0 aliphatic carbocycles. The number of carbonyl (C=O) groups excluding carboxylic acids is 1. The number of nitrogens with one attached hydrogen (secondary N) is 1. The summed E-state index contributed by atoms with van der Waals surface area (Å²) in [6.45, 7) is 4.99. The number of aryl methyl sites for hydroxylation is 1. The van der Waals surface area contributed by atoms with Crippen LogP contribution in [-0.4, -0.2) is 28.4 Å². The molecule has 0 bridgehead atoms. The fourth-order valence-corrected chi connectivity index (χ4v) is 2.15. The lowest BCUT2D eigenvalue weighted by molar-refractivity contribution is -0.124. The van der Waals surface area contributed by atoms with Crippen LogP contribution in [0.25, 0.3) is 0 Å². The van der Waals surface area contributed by atoms with E-state index in [0.29, 0.717) is 12.5 Å². The summed E-state index contributed by atoms with van der Waals surface area (Å²) in [5.74, 6) is 1.24. The quantitative estimate of drug-likeness (QED) is 0.886. The van der Waals surface area contributed by atoms with Crippen LogP contribution in [0.3, 0.4) is 0 Å². The summed E-state index contributed by atoms with van der Waals surface area (Å²) in [7, 11) is 1.84. The van der Waals surface area contributed by atoms with Crippen molar-refractivity contribution in [2.45, 2.75) is 39.2 Å². The first-order chi connectivity index (χ1) is 8.56. The van der Waals surface area contributed by atoms with Crippen molar-refractivity contribution in [2.75, 3.05) is 11.9 Å². The Bertz CT molecular complexity index is 420. The van der Waals surface area contributed by atoms with Crippen LogP contribution >= 0.6 is 0 Å². The van der Waals surface area contributed by atoms with E-state index >= 15 is 0 Å². The molecule has 5 heteroatoms. The smallest absolute Gasteiger partial charge is 0.254 e. The standard InChI is InChI=1S/C13H21N3O2/c1-9(2)7-10-8-12(16(3)15-10)14-13(17)11-5-4-6-18-11/h8-9,11H,4-7H2,1-3H3,(H,14,17). The minimum atomic E-state index is -0.298. The second-order valence-electron chi connectivity index (χ2n) is 5.23. The van der Waals surface area contributed by atoms with Crippen LogP contribution in [0, 0.1) is 5.92 Å². The lowest BCUT2D eigenvalue weighted by Gasteiger charge is -2.09. The van der Waals surface area contributed by atoms with Gasteiger partial charge in [0.25, 0.3) is 5.91 Å². The highest BCUT2D eigenvalue weighted by atomic mass is 16.5. The van der Waals surface area contributed by atoms with Gasteiger partial charge in [-0.3, -0.25) is 9.48 Å². The van der Waals surface area contributed by atoms with E-state index in [4.69, 9.17) is 4.74 Å². The van der Waals surface area contributed by atoms with Gasteiger partial charge in [0.05, 0.1) is 5.69 Å². The third-order valence-corrected chi connectivity index (χ3v) is 3.02. The third-order valence-electron chi connectivity index (χ3n) is 3.02. The molecule has 5 nitrogen and oxygen atoms in total. The van der Waals surface area contributed by atoms with Crippen LogP contribution in [0.2, 0.25) is 0 Å². The number of hydrogen-bond acceptors (Lipinski definition) is 3. The molecule has 2 rings (SSSR count). The van der Waals surface area contributed by atoms with Gasteiger partial charge in [-0.25, -0.2) is 0 Å². The van der Waals surface area contributed by atoms with Crippen molar-refractivity contribution in [2.24, 2.45) is 13.0 Å². The van der Waals surface area contributed by atoms with Crippen molar-refractivity contribution in [1.82, 2.24) is 9.78 Å². The Morgan fingerprint density at radius 1 is 1.67 bits per heavy atom. The van der Waals surface area contributed by atoms with Gasteiger partial charge in [0.1, 0.15) is 11.9 Å². The van der Waals surface area contributed by atoms with Crippen LogP contribution in [0.4, 0.5) is 5.82 Å². The number of carbonyl (C=O) groups is 1. The van der Waals surface area contributed by atoms with E-state index in [1.807, 2.05) is 13.1 Å². The summed E-state index contributed by atoms with van der Waals surface area (Å²) in [6.07, 6.45) is 2.39. The maximum Gasteiger partial charge on any atom is 0.254 e. The van der Waals surface area contributed by atoms with Crippen LogP contribution in [0.1, 0.15) is 32.4 Å². The first kappa shape index (κ1) is 13.1. The van der Waals surface area contributed by atoms with E-state index in [0.717, 1.165) is 30.8 Å². The molecule has 0 aromatic carbocycles. The third kappa shape index (κ3) is 3.10. The van der Waals surface area contributed by atoms with Gasteiger partial charge in [-0.15, -0.1) is 0 Å². The average molecular weight is 251 g/mol. The molecular formula is C13H21N3O2. The molecule has 1 saturated heterocycles. The molecule has 0 saturated carbocycles. The zero-order chi connectivity index (χ0) is 13.1. The number of anilines is 1. The predicted octanol–water partition coefficient (Wildman–Crippen LogP) is 1.74. The van der Waals surface area contributed by atoms with Crippen molar-refractivity contribution in [1.29, 1.82) is 0 Å². The van der Waals surface area contributed by atoms with Gasteiger partial charge in [0.2, 0.25) is 0 Å². The Morgan fingerprint density at radius 3 is 3.06 bits per heavy atom. The topological polar surface area (TPSA) is 56.1 Å². The Hall–Kier alpha value is -1.36. The molecule has 1 atom stereocenters. The predicted molar refractivity (Wildman–Crippen MR) is 69.4 cm³/mol. The highest BCUT2D eigenvalue weighted by Gasteiger charge is 2.24. The second kappa shape index (κ2) is 5.52. The minimum absolute atomic E-state index is 0.0633. The van der Waals surface area contributed by atoms with E-state index in [1.165, 1.54) is 0 Å². The first-order valence-electron chi connectivity index (χ1n) is 6.51. The Labute approximate surface area is 108 Å². The molecule has 1 aromatic rings. The first-order valence-corrected chi connectivity index (χ1v) is 6.51. The fraction of sp³-hybridized carbons (Fsp3) is 0.692. The molecule has 1 aliphatic heterocycles. The summed E-state index contributed by atoms with van der Waals surface area (Å²) >= 11 is 0. The van der Waals surface area contributed by atoms with E-state index in [1.54, 1.807) is 4.68 Å². The number of nitrogens with zero attached hydrogens (tertiary/aromatic N) is 2. The summed E-state index contributed by atoms with van der Waals surface area (Å²) in [4.78, 5) is 11.9. The monoisotopic (exact) mass is 251 g/mol. The van der Waals surface area contributed by atoms with Gasteiger partial charge in [-0.05, 0) is 25.2 Å². The maximum absolute atomic E-state index is 11.9. The summed E-state index contributed by atoms with van der Waals surface area (Å²) < 4.78 is 7.07. The summed E-state index contributed by atoms with van der Waals surface area (Å²) in [5, 5.41) is 7.27. The molecule has 2 heterocycles. The average Bonchev–Trinajstić information content (AvgIpc) is 2.88. The fourth-order valence-electron chi connectivity index (χ4n) is 2.15. The number of ether oxygens (including phenoxy) is 1. The molecule has 1 aliphatic rings. The molecule has 1 unspecified atom stereocenters. The molecular weight excluding hydrogens is 230 g/mol. The van der Waals surface area contributed by atoms with Crippen molar-refractivity contribution in [3.05, 3.63) is 11.8 Å². The number of aromatic nitrogens is 2. The molecule has 1 fully saturated rings. The van der Waals surface area contributed by atoms with Crippen molar-refractivity contribution in [3.63, 3.8) is 0 Å². The van der Waals surface area contributed by atoms with Crippen molar-refractivity contribution in [3.8, 4) is 0 Å². The van der Waals surface area contributed by atoms with E-state index in [9.17, 15) is 4.79 Å². The van der Waals surface area contributed by atoms with Gasteiger partial charge >= 0.3 is 0 Å². The van der Waals surface area contributed by atoms with Gasteiger partial charge in [-0.2, -0.15) is 5.10 Å². The van der Waals surface area contributed by atoms with Crippen LogP contribution in [0.5, 0.6) is 0 Å². The van der Waals surface area contributed by atoms with Gasteiger partial charge in [0, 0.05) is 19.7 Å². The second-order valence-corrected chi connectivity index (χ2v) is 5.23. The summed E-state index contributed by atoms with van der Waals surface area (Å²) in [5.41, 5.74) is 1.01. The van der Waals surface area contributed by atoms with Crippen molar-refractivity contribution >= 4 is 11.7 Å². The van der Waals surface area contributed by atoms with E-state index in [2.05, 4.69) is 24.3 Å². The van der Waals surface area contributed by atoms with E-state index < -0.39 is 0 Å². The van der Waals surface area contributed by atoms with Gasteiger partial charge in [-0.1, -0.05) is 13.8 Å². The van der Waals surface area contributed by atoms with Crippen molar-refractivity contribution < 1.29 is 9.53 Å². The van der Waals surface area contributed by atoms with Crippen LogP contribution in [0.15, 0.2) is 6.07 Å². The van der Waals surface area contributed by atoms with Gasteiger partial charge < -0.3 is 10.1 Å². The minimum Gasteiger partial charge on any atom is -0.368 e. The number of rotatable bonds is 4. The molecule has 100 valence electrons. The van der Waals surface area contributed by atoms with E-state index in [-0.39, 0.29) is 12.0 Å². The Kier molecular flexibility index (Phi) is 4.01. The zero-order valence-electron chi connectivity index (χ0n) is 11.3. The molecule has 1 N–H and O–H groups in total. The Balaban J connectivity index is 1.99. The summed E-state index contributed by atoms with van der Waals surface area (Å²) in [6, 6.07) is 1.94. The number of hydrogen-bond donors (Lipinski definition) is 1. The molecule has 0 spiro atoms. The maximum atomic E-state index is 11.9. The number of amides is 1. The highest BCUT2D eigenvalue weighted by Crippen LogP contribution is 2.16.